The standard InChI is InChI=1S/C40H18N4O4/c1-43-33(21-41)37-27-14-5-3-12-25(27)35-29(37)16-8-18-31(35)39(45)47-23-10-7-11-24(20-23)48-40(46)32-19-9-17-30-36(32)26-13-4-6-15-28(26)38(30)34(22-42)44-2/h3-20H/b37-33-,38-34+. The number of nitriles is 2. The molecule has 5 aromatic rings. The van der Waals surface area contributed by atoms with Gasteiger partial charge < -0.3 is 9.47 Å². The average Bonchev–Trinajstić information content (AvgIpc) is 3.63. The van der Waals surface area contributed by atoms with Gasteiger partial charge in [-0.2, -0.15) is 0 Å². The number of fused-ring (bicyclic) bond motifs is 6. The molecular formula is C40H18N4O4. The second-order valence-electron chi connectivity index (χ2n) is 10.7. The molecule has 0 fully saturated rings. The smallest absolute Gasteiger partial charge is 0.344 e. The summed E-state index contributed by atoms with van der Waals surface area (Å²) in [4.78, 5) is 34.1. The Bertz CT molecular complexity index is 2290. The fourth-order valence-corrected chi connectivity index (χ4v) is 6.28. The Morgan fingerprint density at radius 3 is 1.29 bits per heavy atom. The van der Waals surface area contributed by atoms with E-state index in [0.717, 1.165) is 0 Å². The van der Waals surface area contributed by atoms with Crippen molar-refractivity contribution in [1.82, 2.24) is 0 Å². The number of carbonyl (C=O) groups excluding carboxylic acids is 2. The number of carbonyl (C=O) groups is 2. The minimum Gasteiger partial charge on any atom is -0.423 e. The van der Waals surface area contributed by atoms with E-state index in [1.807, 2.05) is 60.7 Å². The zero-order chi connectivity index (χ0) is 33.4. The summed E-state index contributed by atoms with van der Waals surface area (Å²) in [5.41, 5.74) is 6.40. The highest BCUT2D eigenvalue weighted by molar-refractivity contribution is 6.12. The third-order valence-corrected chi connectivity index (χ3v) is 8.17. The topological polar surface area (TPSA) is 109 Å². The lowest BCUT2D eigenvalue weighted by Gasteiger charge is -2.12. The molecule has 0 atom stereocenters. The fourth-order valence-electron chi connectivity index (χ4n) is 6.28. The van der Waals surface area contributed by atoms with Crippen LogP contribution < -0.4 is 9.47 Å². The predicted molar refractivity (Wildman–Crippen MR) is 177 cm³/mol. The summed E-state index contributed by atoms with van der Waals surface area (Å²) in [7, 11) is 0. The zero-order valence-corrected chi connectivity index (χ0v) is 24.8. The third-order valence-electron chi connectivity index (χ3n) is 8.17. The van der Waals surface area contributed by atoms with Gasteiger partial charge in [-0.1, -0.05) is 78.9 Å². The van der Waals surface area contributed by atoms with Crippen molar-refractivity contribution in [2.45, 2.75) is 0 Å². The quantitative estimate of drug-likeness (QED) is 0.0847. The van der Waals surface area contributed by atoms with Crippen molar-refractivity contribution in [2.24, 2.45) is 0 Å². The van der Waals surface area contributed by atoms with Gasteiger partial charge in [-0.05, 0) is 57.6 Å². The molecule has 0 aromatic heterocycles. The van der Waals surface area contributed by atoms with Crippen molar-refractivity contribution in [2.75, 3.05) is 0 Å². The first kappa shape index (κ1) is 29.2. The molecule has 0 unspecified atom stereocenters. The van der Waals surface area contributed by atoms with Crippen molar-refractivity contribution in [3.63, 3.8) is 0 Å². The second kappa shape index (κ2) is 11.8. The molecule has 2 aliphatic carbocycles. The summed E-state index contributed by atoms with van der Waals surface area (Å²) in [6, 6.07) is 34.8. The molecule has 0 bridgehead atoms. The maximum Gasteiger partial charge on any atom is 0.344 e. The number of benzene rings is 5. The van der Waals surface area contributed by atoms with Crippen LogP contribution in [0.3, 0.4) is 0 Å². The van der Waals surface area contributed by atoms with Crippen LogP contribution >= 0.6 is 0 Å². The molecular weight excluding hydrogens is 600 g/mol. The van der Waals surface area contributed by atoms with Crippen molar-refractivity contribution in [1.29, 1.82) is 10.5 Å². The molecule has 0 radical (unpaired) electrons. The van der Waals surface area contributed by atoms with E-state index in [1.165, 1.54) is 6.07 Å². The van der Waals surface area contributed by atoms with E-state index in [4.69, 9.17) is 22.6 Å². The van der Waals surface area contributed by atoms with Gasteiger partial charge in [0.1, 0.15) is 11.5 Å². The summed E-state index contributed by atoms with van der Waals surface area (Å²) in [6.07, 6.45) is 0. The van der Waals surface area contributed by atoms with Crippen LogP contribution in [0.1, 0.15) is 43.0 Å². The number of allylic oxidation sites excluding steroid dienone is 2. The van der Waals surface area contributed by atoms with E-state index in [1.54, 1.807) is 54.6 Å². The lowest BCUT2D eigenvalue weighted by atomic mass is 9.98. The van der Waals surface area contributed by atoms with Crippen molar-refractivity contribution in [3.05, 3.63) is 177 Å². The molecule has 222 valence electrons. The third kappa shape index (κ3) is 4.59. The summed E-state index contributed by atoms with van der Waals surface area (Å²) < 4.78 is 11.5. The predicted octanol–water partition coefficient (Wildman–Crippen LogP) is 8.49. The fraction of sp³-hybridized carbons (Fsp3) is 0. The molecule has 0 saturated heterocycles. The highest BCUT2D eigenvalue weighted by Gasteiger charge is 2.32. The minimum atomic E-state index is -0.669. The number of ether oxygens (including phenoxy) is 2. The maximum atomic E-state index is 13.6. The Kier molecular flexibility index (Phi) is 7.16. The first-order chi connectivity index (χ1) is 23.5. The number of hydrogen-bond donors (Lipinski definition) is 0. The van der Waals surface area contributed by atoms with Crippen LogP contribution in [0.5, 0.6) is 11.5 Å². The molecule has 7 rings (SSSR count). The average molecular weight is 619 g/mol. The van der Waals surface area contributed by atoms with Crippen LogP contribution in [0.4, 0.5) is 0 Å². The van der Waals surface area contributed by atoms with Crippen molar-refractivity contribution in [3.8, 4) is 45.9 Å². The van der Waals surface area contributed by atoms with E-state index < -0.39 is 11.9 Å². The molecule has 8 nitrogen and oxygen atoms in total. The van der Waals surface area contributed by atoms with Crippen molar-refractivity contribution < 1.29 is 19.1 Å². The highest BCUT2D eigenvalue weighted by Crippen LogP contribution is 2.49. The van der Waals surface area contributed by atoms with Gasteiger partial charge in [-0.3, -0.25) is 0 Å². The van der Waals surface area contributed by atoms with Crippen LogP contribution in [0.2, 0.25) is 0 Å². The molecule has 2 aliphatic rings. The van der Waals surface area contributed by atoms with Crippen LogP contribution in [0, 0.1) is 35.8 Å². The molecule has 0 spiro atoms. The molecule has 8 heteroatoms. The van der Waals surface area contributed by atoms with Gasteiger partial charge in [-0.25, -0.2) is 29.8 Å². The van der Waals surface area contributed by atoms with E-state index in [2.05, 4.69) is 9.69 Å². The van der Waals surface area contributed by atoms with E-state index in [0.29, 0.717) is 55.7 Å². The lowest BCUT2D eigenvalue weighted by molar-refractivity contribution is 0.0733. The van der Waals surface area contributed by atoms with Crippen molar-refractivity contribution >= 4 is 23.1 Å². The molecule has 0 heterocycles. The first-order valence-electron chi connectivity index (χ1n) is 14.5. The molecule has 0 amide bonds. The Morgan fingerprint density at radius 2 is 0.896 bits per heavy atom. The number of rotatable bonds is 4. The Balaban J connectivity index is 1.20. The normalized spacial score (nSPS) is 13.6. The van der Waals surface area contributed by atoms with Gasteiger partial charge in [0.15, 0.2) is 0 Å². The number of esters is 2. The monoisotopic (exact) mass is 618 g/mol. The molecule has 5 aromatic carbocycles. The van der Waals surface area contributed by atoms with Crippen LogP contribution in [0.25, 0.3) is 43.1 Å². The van der Waals surface area contributed by atoms with Crippen LogP contribution in [0.15, 0.2) is 121 Å². The van der Waals surface area contributed by atoms with Gasteiger partial charge in [-0.15, -0.1) is 0 Å². The summed E-state index contributed by atoms with van der Waals surface area (Å²) in [6.45, 7) is 15.0. The number of nitrogens with zero attached hydrogens (tertiary/aromatic N) is 4. The molecule has 48 heavy (non-hydrogen) atoms. The largest absolute Gasteiger partial charge is 0.423 e. The Morgan fingerprint density at radius 1 is 0.521 bits per heavy atom. The lowest BCUT2D eigenvalue weighted by Crippen LogP contribution is -2.12. The first-order valence-corrected chi connectivity index (χ1v) is 14.5. The second-order valence-corrected chi connectivity index (χ2v) is 10.7. The molecule has 0 N–H and O–H groups in total. The van der Waals surface area contributed by atoms with E-state index in [-0.39, 0.29) is 34.0 Å². The Labute approximate surface area is 274 Å². The van der Waals surface area contributed by atoms with Gasteiger partial charge in [0.2, 0.25) is 0 Å². The molecule has 0 aliphatic heterocycles. The maximum absolute atomic E-state index is 13.6. The zero-order valence-electron chi connectivity index (χ0n) is 24.8. The van der Waals surface area contributed by atoms with E-state index >= 15 is 0 Å². The summed E-state index contributed by atoms with van der Waals surface area (Å²) in [5, 5.41) is 19.3. The van der Waals surface area contributed by atoms with Crippen LogP contribution in [-0.4, -0.2) is 11.9 Å². The van der Waals surface area contributed by atoms with Gasteiger partial charge in [0.25, 0.3) is 11.4 Å². The Hall–Kier alpha value is -7.52. The SMILES string of the molecule is [C-]#[N+]/C(C#N)=C1/c2ccccc2-c2c(C(=O)Oc3cccc(OC(=O)c4cccc5c4-c4ccccc4/C5=C(/C#N)[N+]#[C-])c3)cccc21. The highest BCUT2D eigenvalue weighted by atomic mass is 16.5. The summed E-state index contributed by atoms with van der Waals surface area (Å²) in [5.74, 6) is -1.07. The van der Waals surface area contributed by atoms with Gasteiger partial charge in [0.05, 0.1) is 36.4 Å². The van der Waals surface area contributed by atoms with E-state index in [9.17, 15) is 20.1 Å². The van der Waals surface area contributed by atoms with Crippen LogP contribution in [-0.2, 0) is 0 Å². The van der Waals surface area contributed by atoms with Gasteiger partial charge >= 0.3 is 11.9 Å². The minimum absolute atomic E-state index is 0.0714. The molecule has 0 saturated carbocycles. The summed E-state index contributed by atoms with van der Waals surface area (Å²) >= 11 is 0. The number of hydrogen-bond acceptors (Lipinski definition) is 6. The van der Waals surface area contributed by atoms with Gasteiger partial charge in [0, 0.05) is 28.3 Å².